The van der Waals surface area contributed by atoms with Crippen molar-refractivity contribution in [1.29, 1.82) is 0 Å². The van der Waals surface area contributed by atoms with Crippen LogP contribution in [-0.2, 0) is 4.79 Å². The van der Waals surface area contributed by atoms with Gasteiger partial charge in [-0.3, -0.25) is 4.79 Å². The summed E-state index contributed by atoms with van der Waals surface area (Å²) in [5.41, 5.74) is 1.60. The highest BCUT2D eigenvalue weighted by atomic mass is 19.3. The molecule has 2 aliphatic rings. The molecule has 1 N–H and O–H groups in total. The first-order valence-corrected chi connectivity index (χ1v) is 7.71. The maximum Gasteiger partial charge on any atom is 0.387 e. The van der Waals surface area contributed by atoms with E-state index in [9.17, 15) is 13.6 Å². The van der Waals surface area contributed by atoms with Crippen LogP contribution in [0, 0.1) is 12.8 Å². The van der Waals surface area contributed by atoms with Gasteiger partial charge in [-0.15, -0.1) is 0 Å². The Bertz CT molecular complexity index is 851. The van der Waals surface area contributed by atoms with Gasteiger partial charge in [0.25, 0.3) is 0 Å². The molecule has 0 radical (unpaired) electrons. The number of carboxylic acid groups (broad SMARTS) is 1. The fourth-order valence-corrected chi connectivity index (χ4v) is 3.21. The molecule has 1 aliphatic heterocycles. The molecule has 0 spiro atoms. The van der Waals surface area contributed by atoms with Gasteiger partial charge in [-0.2, -0.15) is 8.78 Å². The van der Waals surface area contributed by atoms with Gasteiger partial charge in [-0.25, -0.2) is 0 Å². The second kappa shape index (κ2) is 5.61. The zero-order chi connectivity index (χ0) is 17.7. The summed E-state index contributed by atoms with van der Waals surface area (Å²) in [7, 11) is 0. The molecule has 130 valence electrons. The number of aryl methyl sites for hydroxylation is 1. The van der Waals surface area contributed by atoms with Crippen molar-refractivity contribution in [2.45, 2.75) is 25.6 Å². The molecule has 3 unspecified atom stereocenters. The first kappa shape index (κ1) is 15.7. The van der Waals surface area contributed by atoms with Crippen molar-refractivity contribution >= 4 is 5.97 Å². The highest BCUT2D eigenvalue weighted by Crippen LogP contribution is 2.59. The number of halogens is 2. The average molecular weight is 348 g/mol. The van der Waals surface area contributed by atoms with Crippen molar-refractivity contribution < 1.29 is 32.9 Å². The molecular weight excluding hydrogens is 334 g/mol. The molecule has 0 saturated heterocycles. The summed E-state index contributed by atoms with van der Waals surface area (Å²) in [5, 5.41) is 9.08. The Morgan fingerprint density at radius 2 is 2.00 bits per heavy atom. The number of ether oxygens (including phenoxy) is 3. The lowest BCUT2D eigenvalue weighted by Gasteiger charge is -2.14. The Labute approximate surface area is 141 Å². The van der Waals surface area contributed by atoms with Crippen molar-refractivity contribution in [2.24, 2.45) is 5.92 Å². The lowest BCUT2D eigenvalue weighted by Crippen LogP contribution is -2.08. The summed E-state index contributed by atoms with van der Waals surface area (Å²) in [6.07, 6.45) is -0.333. The number of alkyl halides is 2. The Hall–Kier alpha value is -2.83. The summed E-state index contributed by atoms with van der Waals surface area (Å²) in [4.78, 5) is 11.1. The zero-order valence-electron chi connectivity index (χ0n) is 13.1. The smallest absolute Gasteiger partial charge is 0.387 e. The van der Waals surface area contributed by atoms with Crippen molar-refractivity contribution in [2.75, 3.05) is 0 Å². The predicted octanol–water partition coefficient (Wildman–Crippen LogP) is 3.95. The predicted molar refractivity (Wildman–Crippen MR) is 82.6 cm³/mol. The maximum absolute atomic E-state index is 12.6. The molecule has 7 heteroatoms. The van der Waals surface area contributed by atoms with Crippen LogP contribution < -0.4 is 14.2 Å². The number of carbonyl (C=O) groups is 1. The Balaban J connectivity index is 1.57. The van der Waals surface area contributed by atoms with Crippen LogP contribution in [0.1, 0.15) is 17.0 Å². The summed E-state index contributed by atoms with van der Waals surface area (Å²) < 4.78 is 40.9. The monoisotopic (exact) mass is 348 g/mol. The van der Waals surface area contributed by atoms with Crippen LogP contribution in [0.25, 0.3) is 0 Å². The van der Waals surface area contributed by atoms with Crippen LogP contribution in [0.4, 0.5) is 8.78 Å². The number of rotatable bonds is 5. The van der Waals surface area contributed by atoms with E-state index in [0.717, 1.165) is 11.1 Å². The first-order chi connectivity index (χ1) is 11.9. The SMILES string of the molecule is Cc1ccc(Oc2ccc3c(c2)OC2C(C(=O)O)C32)c(OC(F)F)c1. The van der Waals surface area contributed by atoms with Gasteiger partial charge >= 0.3 is 12.6 Å². The van der Waals surface area contributed by atoms with Crippen LogP contribution in [0.15, 0.2) is 36.4 Å². The van der Waals surface area contributed by atoms with Crippen molar-refractivity contribution in [1.82, 2.24) is 0 Å². The van der Waals surface area contributed by atoms with E-state index >= 15 is 0 Å². The van der Waals surface area contributed by atoms with E-state index in [1.54, 1.807) is 37.3 Å². The summed E-state index contributed by atoms with van der Waals surface area (Å²) in [6, 6.07) is 9.79. The maximum atomic E-state index is 12.6. The van der Waals surface area contributed by atoms with Crippen LogP contribution in [0.5, 0.6) is 23.0 Å². The molecule has 0 bridgehead atoms. The number of benzene rings is 2. The minimum absolute atomic E-state index is 0.0507. The summed E-state index contributed by atoms with van der Waals surface area (Å²) in [6.45, 7) is -1.19. The molecule has 2 aromatic carbocycles. The number of aliphatic carboxylic acids is 1. The molecule has 1 saturated carbocycles. The number of hydrogen-bond acceptors (Lipinski definition) is 4. The third-order valence-corrected chi connectivity index (χ3v) is 4.39. The van der Waals surface area contributed by atoms with Gasteiger partial charge < -0.3 is 19.3 Å². The zero-order valence-corrected chi connectivity index (χ0v) is 13.1. The van der Waals surface area contributed by atoms with Gasteiger partial charge in [0.15, 0.2) is 11.5 Å². The van der Waals surface area contributed by atoms with Gasteiger partial charge in [-0.1, -0.05) is 12.1 Å². The summed E-state index contributed by atoms with van der Waals surface area (Å²) >= 11 is 0. The highest BCUT2D eigenvalue weighted by molar-refractivity contribution is 5.79. The van der Waals surface area contributed by atoms with Gasteiger partial charge in [0, 0.05) is 17.5 Å². The van der Waals surface area contributed by atoms with Crippen LogP contribution in [-0.4, -0.2) is 23.8 Å². The van der Waals surface area contributed by atoms with E-state index in [-0.39, 0.29) is 23.5 Å². The van der Waals surface area contributed by atoms with Gasteiger partial charge in [0.05, 0.1) is 0 Å². The quantitative estimate of drug-likeness (QED) is 0.886. The van der Waals surface area contributed by atoms with E-state index in [1.807, 2.05) is 0 Å². The standard InChI is InChI=1S/C18H14F2O5/c1-8-2-5-11(13(6-8)25-18(19)20)23-9-3-4-10-12(7-9)24-16-14(10)15(16)17(21)22/h2-7,14-16,18H,1H3,(H,21,22). The minimum Gasteiger partial charge on any atom is -0.488 e. The number of fused-ring (bicyclic) bond motifs is 3. The van der Waals surface area contributed by atoms with E-state index < -0.39 is 18.5 Å². The average Bonchev–Trinajstić information content (AvgIpc) is 3.13. The molecular formula is C18H14F2O5. The van der Waals surface area contributed by atoms with Crippen LogP contribution >= 0.6 is 0 Å². The van der Waals surface area contributed by atoms with Gasteiger partial charge in [0.1, 0.15) is 23.5 Å². The molecule has 1 fully saturated rings. The van der Waals surface area contributed by atoms with Crippen LogP contribution in [0.3, 0.4) is 0 Å². The number of carboxylic acids is 1. The fourth-order valence-electron chi connectivity index (χ4n) is 3.21. The largest absolute Gasteiger partial charge is 0.488 e. The molecule has 1 aliphatic carbocycles. The molecule has 1 heterocycles. The second-order valence-electron chi connectivity index (χ2n) is 6.10. The number of hydrogen-bond donors (Lipinski definition) is 1. The van der Waals surface area contributed by atoms with Crippen LogP contribution in [0.2, 0.25) is 0 Å². The lowest BCUT2D eigenvalue weighted by atomic mass is 10.1. The molecule has 3 atom stereocenters. The van der Waals surface area contributed by atoms with E-state index in [1.165, 1.54) is 6.07 Å². The van der Waals surface area contributed by atoms with Crippen molar-refractivity contribution in [3.8, 4) is 23.0 Å². The molecule has 2 aromatic rings. The third kappa shape index (κ3) is 2.75. The lowest BCUT2D eigenvalue weighted by molar-refractivity contribution is -0.139. The Kier molecular flexibility index (Phi) is 3.52. The normalized spacial score (nSPS) is 22.8. The molecule has 4 rings (SSSR count). The summed E-state index contributed by atoms with van der Waals surface area (Å²) in [5.74, 6) is -0.415. The van der Waals surface area contributed by atoms with Crippen molar-refractivity contribution in [3.05, 3.63) is 47.5 Å². The Morgan fingerprint density at radius 3 is 2.72 bits per heavy atom. The van der Waals surface area contributed by atoms with Crippen molar-refractivity contribution in [3.63, 3.8) is 0 Å². The van der Waals surface area contributed by atoms with E-state index in [2.05, 4.69) is 4.74 Å². The second-order valence-corrected chi connectivity index (χ2v) is 6.10. The molecule has 25 heavy (non-hydrogen) atoms. The molecule has 5 nitrogen and oxygen atoms in total. The van der Waals surface area contributed by atoms with Gasteiger partial charge in [-0.05, 0) is 30.7 Å². The minimum atomic E-state index is -2.95. The van der Waals surface area contributed by atoms with E-state index in [4.69, 9.17) is 14.6 Å². The topological polar surface area (TPSA) is 65.0 Å². The Morgan fingerprint density at radius 1 is 1.20 bits per heavy atom. The first-order valence-electron chi connectivity index (χ1n) is 7.71. The molecule has 0 amide bonds. The highest BCUT2D eigenvalue weighted by Gasteiger charge is 2.63. The molecule has 0 aromatic heterocycles. The fraction of sp³-hybridized carbons (Fsp3) is 0.278. The van der Waals surface area contributed by atoms with E-state index in [0.29, 0.717) is 11.5 Å². The van der Waals surface area contributed by atoms with Gasteiger partial charge in [0.2, 0.25) is 0 Å². The third-order valence-electron chi connectivity index (χ3n) is 4.39.